The van der Waals surface area contributed by atoms with E-state index in [-0.39, 0.29) is 5.92 Å². The lowest BCUT2D eigenvalue weighted by Crippen LogP contribution is -2.14. The van der Waals surface area contributed by atoms with Crippen molar-refractivity contribution in [1.29, 1.82) is 0 Å². The molecule has 1 N–H and O–H groups in total. The summed E-state index contributed by atoms with van der Waals surface area (Å²) in [7, 11) is 0. The molecule has 1 aromatic rings. The molecule has 4 nitrogen and oxygen atoms in total. The molecule has 0 saturated carbocycles. The van der Waals surface area contributed by atoms with Crippen LogP contribution in [0.3, 0.4) is 0 Å². The number of nitrogens with zero attached hydrogens (tertiary/aromatic N) is 2. The fraction of sp³-hybridized carbons (Fsp3) is 0.556. The van der Waals surface area contributed by atoms with Crippen LogP contribution in [0.4, 0.5) is 0 Å². The third-order valence-corrected chi connectivity index (χ3v) is 2.26. The summed E-state index contributed by atoms with van der Waals surface area (Å²) in [6, 6.07) is 1.74. The van der Waals surface area contributed by atoms with Gasteiger partial charge in [-0.05, 0) is 12.5 Å². The summed E-state index contributed by atoms with van der Waals surface area (Å²) < 4.78 is 5.18. The van der Waals surface area contributed by atoms with E-state index in [2.05, 4.69) is 9.97 Å². The van der Waals surface area contributed by atoms with Gasteiger partial charge in [-0.2, -0.15) is 0 Å². The van der Waals surface area contributed by atoms with Crippen LogP contribution >= 0.6 is 0 Å². The average Bonchev–Trinajstić information content (AvgIpc) is 2.71. The van der Waals surface area contributed by atoms with Crippen molar-refractivity contribution in [3.8, 4) is 0 Å². The van der Waals surface area contributed by atoms with Crippen LogP contribution in [0.2, 0.25) is 0 Å². The summed E-state index contributed by atoms with van der Waals surface area (Å²) in [6.07, 6.45) is 3.59. The van der Waals surface area contributed by atoms with E-state index >= 15 is 0 Å². The molecule has 70 valence electrons. The Morgan fingerprint density at radius 2 is 2.23 bits per heavy atom. The van der Waals surface area contributed by atoms with Gasteiger partial charge in [0.25, 0.3) is 0 Å². The Morgan fingerprint density at radius 3 is 2.85 bits per heavy atom. The van der Waals surface area contributed by atoms with E-state index in [0.717, 1.165) is 13.0 Å². The van der Waals surface area contributed by atoms with Gasteiger partial charge in [0.15, 0.2) is 5.82 Å². The second kappa shape index (κ2) is 3.81. The average molecular weight is 180 g/mol. The molecule has 0 aliphatic carbocycles. The maximum absolute atomic E-state index is 9.82. The molecule has 1 aliphatic rings. The maximum Gasteiger partial charge on any atom is 0.157 e. The van der Waals surface area contributed by atoms with Crippen molar-refractivity contribution in [2.45, 2.75) is 12.5 Å². The molecule has 1 fully saturated rings. The van der Waals surface area contributed by atoms with E-state index in [4.69, 9.17) is 4.74 Å². The summed E-state index contributed by atoms with van der Waals surface area (Å²) in [5, 5.41) is 9.82. The highest BCUT2D eigenvalue weighted by molar-refractivity contribution is 4.95. The SMILES string of the molecule is OC(c1ncccn1)C1CCOC1. The molecule has 2 unspecified atom stereocenters. The van der Waals surface area contributed by atoms with E-state index in [1.54, 1.807) is 18.5 Å². The second-order valence-electron chi connectivity index (χ2n) is 3.18. The Bertz CT molecular complexity index is 260. The third kappa shape index (κ3) is 1.84. The van der Waals surface area contributed by atoms with E-state index in [1.807, 2.05) is 0 Å². The van der Waals surface area contributed by atoms with Crippen LogP contribution in [-0.2, 0) is 4.74 Å². The van der Waals surface area contributed by atoms with Crippen LogP contribution in [0.1, 0.15) is 18.3 Å². The van der Waals surface area contributed by atoms with Crippen molar-refractivity contribution in [2.75, 3.05) is 13.2 Å². The van der Waals surface area contributed by atoms with E-state index in [0.29, 0.717) is 12.4 Å². The molecule has 13 heavy (non-hydrogen) atoms. The molecule has 2 rings (SSSR count). The molecule has 1 saturated heterocycles. The molecule has 1 aromatic heterocycles. The van der Waals surface area contributed by atoms with E-state index in [1.165, 1.54) is 0 Å². The van der Waals surface area contributed by atoms with Crippen molar-refractivity contribution in [2.24, 2.45) is 5.92 Å². The van der Waals surface area contributed by atoms with Gasteiger partial charge in [-0.25, -0.2) is 9.97 Å². The minimum atomic E-state index is -0.580. The lowest BCUT2D eigenvalue weighted by molar-refractivity contribution is 0.0849. The molecular formula is C9H12N2O2. The van der Waals surface area contributed by atoms with Crippen molar-refractivity contribution >= 4 is 0 Å². The monoisotopic (exact) mass is 180 g/mol. The zero-order chi connectivity index (χ0) is 9.10. The van der Waals surface area contributed by atoms with E-state index < -0.39 is 6.10 Å². The number of rotatable bonds is 2. The fourth-order valence-electron chi connectivity index (χ4n) is 1.48. The molecule has 0 radical (unpaired) electrons. The predicted molar refractivity (Wildman–Crippen MR) is 45.9 cm³/mol. The Kier molecular flexibility index (Phi) is 2.52. The van der Waals surface area contributed by atoms with Gasteiger partial charge in [-0.3, -0.25) is 0 Å². The van der Waals surface area contributed by atoms with Crippen LogP contribution in [0, 0.1) is 5.92 Å². The quantitative estimate of drug-likeness (QED) is 0.722. The van der Waals surface area contributed by atoms with E-state index in [9.17, 15) is 5.11 Å². The van der Waals surface area contributed by atoms with Gasteiger partial charge in [-0.15, -0.1) is 0 Å². The first-order chi connectivity index (χ1) is 6.38. The highest BCUT2D eigenvalue weighted by Crippen LogP contribution is 2.25. The number of hydrogen-bond acceptors (Lipinski definition) is 4. The van der Waals surface area contributed by atoms with Gasteiger partial charge in [0.05, 0.1) is 6.61 Å². The molecular weight excluding hydrogens is 168 g/mol. The van der Waals surface area contributed by atoms with Crippen LogP contribution < -0.4 is 0 Å². The first kappa shape index (κ1) is 8.59. The Hall–Kier alpha value is -1.00. The smallest absolute Gasteiger partial charge is 0.157 e. The fourth-order valence-corrected chi connectivity index (χ4v) is 1.48. The zero-order valence-electron chi connectivity index (χ0n) is 7.26. The molecule has 2 atom stereocenters. The number of aliphatic hydroxyl groups excluding tert-OH is 1. The number of aromatic nitrogens is 2. The zero-order valence-corrected chi connectivity index (χ0v) is 7.26. The summed E-state index contributed by atoms with van der Waals surface area (Å²) in [4.78, 5) is 8.01. The van der Waals surface area contributed by atoms with Crippen LogP contribution in [0.25, 0.3) is 0 Å². The van der Waals surface area contributed by atoms with Crippen LogP contribution in [-0.4, -0.2) is 28.3 Å². The molecule has 0 aromatic carbocycles. The maximum atomic E-state index is 9.82. The molecule has 0 bridgehead atoms. The Morgan fingerprint density at radius 1 is 1.46 bits per heavy atom. The van der Waals surface area contributed by atoms with Gasteiger partial charge in [0, 0.05) is 24.9 Å². The highest BCUT2D eigenvalue weighted by Gasteiger charge is 2.26. The number of aliphatic hydroxyl groups is 1. The van der Waals surface area contributed by atoms with Crippen LogP contribution in [0.5, 0.6) is 0 Å². The van der Waals surface area contributed by atoms with Gasteiger partial charge in [0.1, 0.15) is 6.10 Å². The lowest BCUT2D eigenvalue weighted by Gasteiger charge is -2.13. The molecule has 0 spiro atoms. The van der Waals surface area contributed by atoms with Gasteiger partial charge < -0.3 is 9.84 Å². The van der Waals surface area contributed by atoms with Crippen molar-refractivity contribution in [3.63, 3.8) is 0 Å². The second-order valence-corrected chi connectivity index (χ2v) is 3.18. The Balaban J connectivity index is 2.08. The summed E-state index contributed by atoms with van der Waals surface area (Å²) in [5.74, 6) is 0.653. The first-order valence-electron chi connectivity index (χ1n) is 4.40. The summed E-state index contributed by atoms with van der Waals surface area (Å²) in [5.41, 5.74) is 0. The third-order valence-electron chi connectivity index (χ3n) is 2.26. The molecule has 2 heterocycles. The minimum Gasteiger partial charge on any atom is -0.385 e. The standard InChI is InChI=1S/C9H12N2O2/c12-8(7-2-5-13-6-7)9-10-3-1-4-11-9/h1,3-4,7-8,12H,2,5-6H2. The number of hydrogen-bond donors (Lipinski definition) is 1. The van der Waals surface area contributed by atoms with Gasteiger partial charge in [0.2, 0.25) is 0 Å². The lowest BCUT2D eigenvalue weighted by atomic mass is 10.0. The van der Waals surface area contributed by atoms with Crippen molar-refractivity contribution in [1.82, 2.24) is 9.97 Å². The topological polar surface area (TPSA) is 55.2 Å². The summed E-state index contributed by atoms with van der Waals surface area (Å²) in [6.45, 7) is 1.34. The highest BCUT2D eigenvalue weighted by atomic mass is 16.5. The molecule has 4 heteroatoms. The molecule has 1 aliphatic heterocycles. The van der Waals surface area contributed by atoms with Gasteiger partial charge in [-0.1, -0.05) is 0 Å². The minimum absolute atomic E-state index is 0.155. The van der Waals surface area contributed by atoms with Gasteiger partial charge >= 0.3 is 0 Å². The Labute approximate surface area is 76.6 Å². The molecule has 0 amide bonds. The van der Waals surface area contributed by atoms with Crippen molar-refractivity contribution < 1.29 is 9.84 Å². The largest absolute Gasteiger partial charge is 0.385 e. The van der Waals surface area contributed by atoms with Crippen LogP contribution in [0.15, 0.2) is 18.5 Å². The van der Waals surface area contributed by atoms with Crippen molar-refractivity contribution in [3.05, 3.63) is 24.3 Å². The number of ether oxygens (including phenoxy) is 1. The predicted octanol–water partition coefficient (Wildman–Crippen LogP) is 0.546. The first-order valence-corrected chi connectivity index (χ1v) is 4.40. The normalized spacial score (nSPS) is 24.5. The summed E-state index contributed by atoms with van der Waals surface area (Å²) >= 11 is 0.